The SMILES string of the molecule is C1=CC(N(c2cccc(-c3cccc4ccccc34)c2)c2cccc3c2oc2ccccc23)=C(c2cccc3c2sc2ccccc23)CC1. The van der Waals surface area contributed by atoms with Crippen molar-refractivity contribution in [2.75, 3.05) is 4.90 Å². The lowest BCUT2D eigenvalue weighted by molar-refractivity contribution is 0.669. The van der Waals surface area contributed by atoms with E-state index in [0.717, 1.165) is 46.2 Å². The Balaban J connectivity index is 1.26. The summed E-state index contributed by atoms with van der Waals surface area (Å²) in [6.07, 6.45) is 6.61. The normalized spacial score (nSPS) is 13.4. The number of nitrogens with zero attached hydrogens (tertiary/aromatic N) is 1. The molecule has 1 aliphatic carbocycles. The van der Waals surface area contributed by atoms with Crippen LogP contribution in [0.5, 0.6) is 0 Å². The number of anilines is 2. The van der Waals surface area contributed by atoms with Gasteiger partial charge in [-0.1, -0.05) is 127 Å². The van der Waals surface area contributed by atoms with Gasteiger partial charge < -0.3 is 9.32 Å². The molecule has 10 rings (SSSR count). The van der Waals surface area contributed by atoms with Crippen LogP contribution >= 0.6 is 11.3 Å². The van der Waals surface area contributed by atoms with Gasteiger partial charge in [0.25, 0.3) is 0 Å². The highest BCUT2D eigenvalue weighted by Gasteiger charge is 2.25. The Morgan fingerprint density at radius 2 is 1.29 bits per heavy atom. The second kappa shape index (κ2) is 11.4. The lowest BCUT2D eigenvalue weighted by Gasteiger charge is -2.31. The number of hydrogen-bond acceptors (Lipinski definition) is 3. The van der Waals surface area contributed by atoms with E-state index in [1.54, 1.807) is 0 Å². The van der Waals surface area contributed by atoms with Gasteiger partial charge in [0.2, 0.25) is 0 Å². The Kier molecular flexibility index (Phi) is 6.53. The van der Waals surface area contributed by atoms with Gasteiger partial charge >= 0.3 is 0 Å². The average Bonchev–Trinajstić information content (AvgIpc) is 3.74. The molecule has 0 saturated heterocycles. The average molecular weight is 646 g/mol. The third-order valence-corrected chi connectivity index (χ3v) is 11.2. The second-order valence-corrected chi connectivity index (χ2v) is 13.8. The topological polar surface area (TPSA) is 16.4 Å². The van der Waals surface area contributed by atoms with E-state index in [4.69, 9.17) is 4.42 Å². The number of rotatable bonds is 5. The van der Waals surface area contributed by atoms with Gasteiger partial charge in [-0.15, -0.1) is 11.3 Å². The van der Waals surface area contributed by atoms with E-state index in [9.17, 15) is 0 Å². The van der Waals surface area contributed by atoms with E-state index < -0.39 is 0 Å². The van der Waals surface area contributed by atoms with Crippen LogP contribution in [0.25, 0.3) is 69.6 Å². The van der Waals surface area contributed by atoms with E-state index in [2.05, 4.69) is 163 Å². The first-order valence-corrected chi connectivity index (χ1v) is 17.7. The molecule has 0 N–H and O–H groups in total. The van der Waals surface area contributed by atoms with Gasteiger partial charge in [-0.3, -0.25) is 0 Å². The first-order chi connectivity index (χ1) is 24.3. The van der Waals surface area contributed by atoms with Crippen LogP contribution < -0.4 is 4.90 Å². The number of fused-ring (bicyclic) bond motifs is 7. The Hall–Kier alpha value is -5.90. The van der Waals surface area contributed by atoms with Crippen molar-refractivity contribution in [3.8, 4) is 11.1 Å². The van der Waals surface area contributed by atoms with E-state index in [0.29, 0.717) is 0 Å². The smallest absolute Gasteiger partial charge is 0.159 e. The number of benzene rings is 7. The fourth-order valence-corrected chi connectivity index (χ4v) is 8.97. The minimum Gasteiger partial charge on any atom is -0.454 e. The fourth-order valence-electron chi connectivity index (χ4n) is 7.72. The first-order valence-electron chi connectivity index (χ1n) is 16.9. The molecular formula is C46H31NOS. The molecule has 0 unspecified atom stereocenters. The van der Waals surface area contributed by atoms with Crippen LogP contribution in [0.1, 0.15) is 18.4 Å². The molecule has 2 nitrogen and oxygen atoms in total. The summed E-state index contributed by atoms with van der Waals surface area (Å²) in [4.78, 5) is 2.44. The molecule has 2 aromatic heterocycles. The Morgan fingerprint density at radius 1 is 0.571 bits per heavy atom. The third kappa shape index (κ3) is 4.54. The predicted molar refractivity (Wildman–Crippen MR) is 210 cm³/mol. The molecule has 49 heavy (non-hydrogen) atoms. The molecule has 7 aromatic carbocycles. The zero-order chi connectivity index (χ0) is 32.3. The van der Waals surface area contributed by atoms with Crippen LogP contribution in [-0.2, 0) is 0 Å². The molecule has 0 fully saturated rings. The predicted octanol–water partition coefficient (Wildman–Crippen LogP) is 13.7. The van der Waals surface area contributed by atoms with Gasteiger partial charge in [0.15, 0.2) is 5.58 Å². The summed E-state index contributed by atoms with van der Waals surface area (Å²) in [6.45, 7) is 0. The first kappa shape index (κ1) is 28.1. The van der Waals surface area contributed by atoms with Crippen LogP contribution in [0.2, 0.25) is 0 Å². The number of hydrogen-bond donors (Lipinski definition) is 0. The van der Waals surface area contributed by atoms with E-state index >= 15 is 0 Å². The maximum absolute atomic E-state index is 6.71. The van der Waals surface area contributed by atoms with Crippen molar-refractivity contribution < 1.29 is 4.42 Å². The van der Waals surface area contributed by atoms with Crippen LogP contribution in [0, 0.1) is 0 Å². The minimum atomic E-state index is 0.894. The second-order valence-electron chi connectivity index (χ2n) is 12.7. The Bertz CT molecular complexity index is 2790. The quantitative estimate of drug-likeness (QED) is 0.185. The number of allylic oxidation sites excluding steroid dienone is 3. The molecule has 0 aliphatic heterocycles. The minimum absolute atomic E-state index is 0.894. The highest BCUT2D eigenvalue weighted by Crippen LogP contribution is 2.46. The van der Waals surface area contributed by atoms with Crippen LogP contribution in [-0.4, -0.2) is 0 Å². The highest BCUT2D eigenvalue weighted by atomic mass is 32.1. The number of thiophene rings is 1. The standard InChI is InChI=1S/C46H31NOS/c1-2-17-33-30(13-1)14-10-21-34(33)31-15-9-16-32(29-31)47(42-26-12-22-38-36-19-4-7-27-43(36)48-45(38)42)41-25-6-3-18-35(41)39-23-11-24-40-37-20-5-8-28-44(37)49-46(39)40/h1-2,4-17,19-29H,3,18H2. The van der Waals surface area contributed by atoms with Crippen molar-refractivity contribution in [3.63, 3.8) is 0 Å². The summed E-state index contributed by atoms with van der Waals surface area (Å²) >= 11 is 1.90. The van der Waals surface area contributed by atoms with E-state index in [1.807, 2.05) is 17.4 Å². The molecule has 2 heterocycles. The molecule has 0 radical (unpaired) electrons. The van der Waals surface area contributed by atoms with Gasteiger partial charge in [0.05, 0.1) is 5.69 Å². The highest BCUT2D eigenvalue weighted by molar-refractivity contribution is 7.26. The van der Waals surface area contributed by atoms with Crippen molar-refractivity contribution in [2.45, 2.75) is 12.8 Å². The summed E-state index contributed by atoms with van der Waals surface area (Å²) in [6, 6.07) is 54.8. The van der Waals surface area contributed by atoms with E-state index in [1.165, 1.54) is 58.9 Å². The maximum Gasteiger partial charge on any atom is 0.159 e. The van der Waals surface area contributed by atoms with Crippen LogP contribution in [0.4, 0.5) is 11.4 Å². The summed E-state index contributed by atoms with van der Waals surface area (Å²) in [5.74, 6) is 0. The van der Waals surface area contributed by atoms with Crippen molar-refractivity contribution in [1.29, 1.82) is 0 Å². The maximum atomic E-state index is 6.71. The van der Waals surface area contributed by atoms with E-state index in [-0.39, 0.29) is 0 Å². The summed E-state index contributed by atoms with van der Waals surface area (Å²) < 4.78 is 9.38. The lowest BCUT2D eigenvalue weighted by Crippen LogP contribution is -2.18. The molecule has 0 spiro atoms. The Morgan fingerprint density at radius 3 is 2.24 bits per heavy atom. The zero-order valence-corrected chi connectivity index (χ0v) is 27.6. The van der Waals surface area contributed by atoms with Gasteiger partial charge in [-0.25, -0.2) is 0 Å². The molecule has 1 aliphatic rings. The van der Waals surface area contributed by atoms with Gasteiger partial charge in [-0.05, 0) is 82.3 Å². The van der Waals surface area contributed by atoms with Crippen molar-refractivity contribution in [1.82, 2.24) is 0 Å². The fraction of sp³-hybridized carbons (Fsp3) is 0.0435. The molecule has 232 valence electrons. The molecule has 0 atom stereocenters. The number of para-hydroxylation sites is 2. The third-order valence-electron chi connectivity index (χ3n) is 9.95. The monoisotopic (exact) mass is 645 g/mol. The molecule has 0 bridgehead atoms. The molecule has 3 heteroatoms. The van der Waals surface area contributed by atoms with Crippen LogP contribution in [0.15, 0.2) is 174 Å². The number of furan rings is 1. The van der Waals surface area contributed by atoms with Crippen molar-refractivity contribution >= 4 is 81.2 Å². The van der Waals surface area contributed by atoms with Gasteiger partial charge in [0.1, 0.15) is 5.58 Å². The lowest BCUT2D eigenvalue weighted by atomic mass is 9.92. The molecular weight excluding hydrogens is 615 g/mol. The Labute approximate surface area is 288 Å². The van der Waals surface area contributed by atoms with Crippen LogP contribution in [0.3, 0.4) is 0 Å². The van der Waals surface area contributed by atoms with Gasteiger partial charge in [-0.2, -0.15) is 0 Å². The zero-order valence-electron chi connectivity index (χ0n) is 26.8. The molecule has 0 amide bonds. The largest absolute Gasteiger partial charge is 0.454 e. The summed E-state index contributed by atoms with van der Waals surface area (Å²) in [5, 5.41) is 7.39. The molecule has 0 saturated carbocycles. The van der Waals surface area contributed by atoms with Gasteiger partial charge in [0, 0.05) is 42.3 Å². The summed E-state index contributed by atoms with van der Waals surface area (Å²) in [5.41, 5.74) is 10.2. The summed E-state index contributed by atoms with van der Waals surface area (Å²) in [7, 11) is 0. The van der Waals surface area contributed by atoms with Crippen molar-refractivity contribution in [2.24, 2.45) is 0 Å². The molecule has 9 aromatic rings. The van der Waals surface area contributed by atoms with Crippen molar-refractivity contribution in [3.05, 3.63) is 175 Å².